The molecule has 0 aromatic carbocycles. The van der Waals surface area contributed by atoms with Crippen molar-refractivity contribution in [1.29, 1.82) is 0 Å². The summed E-state index contributed by atoms with van der Waals surface area (Å²) in [6.07, 6.45) is 5.45. The van der Waals surface area contributed by atoms with Crippen molar-refractivity contribution in [2.45, 2.75) is 20.3 Å². The highest BCUT2D eigenvalue weighted by molar-refractivity contribution is 5.81. The largest absolute Gasteiger partial charge is 0.298 e. The van der Waals surface area contributed by atoms with Crippen molar-refractivity contribution in [1.82, 2.24) is 9.78 Å². The SMILES string of the molecule is CCC(C=O)=Cc1cn(C)nc1C. The third-order valence-electron chi connectivity index (χ3n) is 1.95. The van der Waals surface area contributed by atoms with E-state index in [1.165, 1.54) is 0 Å². The molecular weight excluding hydrogens is 164 g/mol. The van der Waals surface area contributed by atoms with Crippen LogP contribution in [0.25, 0.3) is 6.08 Å². The third kappa shape index (κ3) is 2.28. The number of aryl methyl sites for hydroxylation is 2. The summed E-state index contributed by atoms with van der Waals surface area (Å²) in [5, 5.41) is 4.19. The Morgan fingerprint density at radius 3 is 2.77 bits per heavy atom. The number of carbonyl (C=O) groups is 1. The Kier molecular flexibility index (Phi) is 3.01. The molecule has 0 amide bonds. The summed E-state index contributed by atoms with van der Waals surface area (Å²) in [5.74, 6) is 0. The number of nitrogens with zero attached hydrogens (tertiary/aromatic N) is 2. The molecule has 0 saturated carbocycles. The number of hydrogen-bond donors (Lipinski definition) is 0. The maximum Gasteiger partial charge on any atom is 0.146 e. The molecule has 0 spiro atoms. The lowest BCUT2D eigenvalue weighted by Gasteiger charge is -1.92. The number of allylic oxidation sites excluding steroid dienone is 1. The molecular formula is C10H14N2O. The second kappa shape index (κ2) is 4.03. The predicted octanol–water partition coefficient (Wildman–Crippen LogP) is 1.72. The summed E-state index contributed by atoms with van der Waals surface area (Å²) in [6.45, 7) is 3.90. The molecule has 0 fully saturated rings. The first-order valence-corrected chi connectivity index (χ1v) is 4.33. The monoisotopic (exact) mass is 178 g/mol. The molecule has 0 aliphatic heterocycles. The van der Waals surface area contributed by atoms with E-state index < -0.39 is 0 Å². The smallest absolute Gasteiger partial charge is 0.146 e. The second-order valence-corrected chi connectivity index (χ2v) is 3.03. The summed E-state index contributed by atoms with van der Waals surface area (Å²) in [5.41, 5.74) is 2.78. The number of aromatic nitrogens is 2. The van der Waals surface area contributed by atoms with Crippen LogP contribution in [0, 0.1) is 6.92 Å². The van der Waals surface area contributed by atoms with Crippen molar-refractivity contribution in [2.75, 3.05) is 0 Å². The molecule has 0 radical (unpaired) electrons. The highest BCUT2D eigenvalue weighted by Crippen LogP contribution is 2.10. The van der Waals surface area contributed by atoms with Gasteiger partial charge in [0.25, 0.3) is 0 Å². The van der Waals surface area contributed by atoms with E-state index in [1.807, 2.05) is 33.2 Å². The van der Waals surface area contributed by atoms with Crippen LogP contribution in [0.1, 0.15) is 24.6 Å². The molecule has 3 nitrogen and oxygen atoms in total. The van der Waals surface area contributed by atoms with Gasteiger partial charge < -0.3 is 0 Å². The van der Waals surface area contributed by atoms with Gasteiger partial charge in [0, 0.05) is 18.8 Å². The summed E-state index contributed by atoms with van der Waals surface area (Å²) in [7, 11) is 1.87. The van der Waals surface area contributed by atoms with E-state index in [2.05, 4.69) is 5.10 Å². The van der Waals surface area contributed by atoms with Crippen molar-refractivity contribution in [3.63, 3.8) is 0 Å². The van der Waals surface area contributed by atoms with Crippen molar-refractivity contribution in [3.8, 4) is 0 Å². The van der Waals surface area contributed by atoms with Gasteiger partial charge in [-0.25, -0.2) is 0 Å². The zero-order valence-electron chi connectivity index (χ0n) is 8.24. The molecule has 1 rings (SSSR count). The van der Waals surface area contributed by atoms with Gasteiger partial charge in [-0.1, -0.05) is 6.92 Å². The molecule has 1 aromatic rings. The van der Waals surface area contributed by atoms with E-state index in [9.17, 15) is 4.79 Å². The zero-order chi connectivity index (χ0) is 9.84. The van der Waals surface area contributed by atoms with Crippen LogP contribution in [-0.4, -0.2) is 16.1 Å². The highest BCUT2D eigenvalue weighted by Gasteiger charge is 2.00. The second-order valence-electron chi connectivity index (χ2n) is 3.03. The van der Waals surface area contributed by atoms with Gasteiger partial charge in [-0.2, -0.15) is 5.10 Å². The number of carbonyl (C=O) groups excluding carboxylic acids is 1. The Morgan fingerprint density at radius 1 is 1.69 bits per heavy atom. The average molecular weight is 178 g/mol. The maximum atomic E-state index is 10.6. The quantitative estimate of drug-likeness (QED) is 0.521. The van der Waals surface area contributed by atoms with Gasteiger partial charge in [-0.3, -0.25) is 9.48 Å². The van der Waals surface area contributed by atoms with E-state index in [0.29, 0.717) is 0 Å². The Bertz CT molecular complexity index is 337. The van der Waals surface area contributed by atoms with Gasteiger partial charge in [0.2, 0.25) is 0 Å². The Morgan fingerprint density at radius 2 is 2.38 bits per heavy atom. The Balaban J connectivity index is 3.01. The van der Waals surface area contributed by atoms with E-state index in [0.717, 1.165) is 29.5 Å². The van der Waals surface area contributed by atoms with Crippen molar-refractivity contribution in [2.24, 2.45) is 7.05 Å². The van der Waals surface area contributed by atoms with Gasteiger partial charge in [-0.05, 0) is 25.0 Å². The summed E-state index contributed by atoms with van der Waals surface area (Å²) < 4.78 is 1.75. The molecule has 0 N–H and O–H groups in total. The topological polar surface area (TPSA) is 34.9 Å². The van der Waals surface area contributed by atoms with Gasteiger partial charge in [-0.15, -0.1) is 0 Å². The van der Waals surface area contributed by atoms with Crippen LogP contribution >= 0.6 is 0 Å². The molecule has 0 aliphatic rings. The fraction of sp³-hybridized carbons (Fsp3) is 0.400. The van der Waals surface area contributed by atoms with Crippen LogP contribution < -0.4 is 0 Å². The summed E-state index contributed by atoms with van der Waals surface area (Å²) in [4.78, 5) is 10.6. The Labute approximate surface area is 78.1 Å². The van der Waals surface area contributed by atoms with Crippen LogP contribution in [0.5, 0.6) is 0 Å². The van der Waals surface area contributed by atoms with E-state index in [-0.39, 0.29) is 0 Å². The number of aldehydes is 1. The number of rotatable bonds is 3. The molecule has 3 heteroatoms. The third-order valence-corrected chi connectivity index (χ3v) is 1.95. The molecule has 13 heavy (non-hydrogen) atoms. The molecule has 0 saturated heterocycles. The summed E-state index contributed by atoms with van der Waals surface area (Å²) >= 11 is 0. The molecule has 0 unspecified atom stereocenters. The first kappa shape index (κ1) is 9.71. The molecule has 1 aromatic heterocycles. The van der Waals surface area contributed by atoms with Crippen LogP contribution in [0.3, 0.4) is 0 Å². The van der Waals surface area contributed by atoms with E-state index >= 15 is 0 Å². The van der Waals surface area contributed by atoms with Gasteiger partial charge in [0.15, 0.2) is 0 Å². The minimum atomic E-state index is 0.762. The van der Waals surface area contributed by atoms with Gasteiger partial charge in [0.1, 0.15) is 6.29 Å². The lowest BCUT2D eigenvalue weighted by atomic mass is 10.1. The fourth-order valence-electron chi connectivity index (χ4n) is 1.18. The van der Waals surface area contributed by atoms with Crippen LogP contribution in [0.2, 0.25) is 0 Å². The number of hydrogen-bond acceptors (Lipinski definition) is 2. The fourth-order valence-corrected chi connectivity index (χ4v) is 1.18. The predicted molar refractivity (Wildman–Crippen MR) is 52.3 cm³/mol. The summed E-state index contributed by atoms with van der Waals surface area (Å²) in [6, 6.07) is 0. The van der Waals surface area contributed by atoms with Crippen molar-refractivity contribution in [3.05, 3.63) is 23.0 Å². The minimum Gasteiger partial charge on any atom is -0.298 e. The standard InChI is InChI=1S/C10H14N2O/c1-4-9(7-13)5-10-6-12(3)11-8(10)2/h5-7H,4H2,1-3H3. The normalized spacial score (nSPS) is 11.8. The minimum absolute atomic E-state index is 0.762. The van der Waals surface area contributed by atoms with Crippen molar-refractivity contribution < 1.29 is 4.79 Å². The van der Waals surface area contributed by atoms with Gasteiger partial charge >= 0.3 is 0 Å². The lowest BCUT2D eigenvalue weighted by Crippen LogP contribution is -1.86. The first-order valence-electron chi connectivity index (χ1n) is 4.33. The highest BCUT2D eigenvalue weighted by atomic mass is 16.1. The molecule has 0 atom stereocenters. The average Bonchev–Trinajstić information content (AvgIpc) is 2.41. The molecule has 70 valence electrons. The van der Waals surface area contributed by atoms with E-state index in [1.54, 1.807) is 4.68 Å². The lowest BCUT2D eigenvalue weighted by molar-refractivity contribution is -0.104. The van der Waals surface area contributed by atoms with Gasteiger partial charge in [0.05, 0.1) is 5.69 Å². The molecule has 0 bridgehead atoms. The zero-order valence-corrected chi connectivity index (χ0v) is 8.24. The van der Waals surface area contributed by atoms with Crippen LogP contribution in [0.15, 0.2) is 11.8 Å². The Hall–Kier alpha value is -1.38. The maximum absolute atomic E-state index is 10.6. The van der Waals surface area contributed by atoms with Crippen molar-refractivity contribution >= 4 is 12.4 Å². The van der Waals surface area contributed by atoms with Crippen LogP contribution in [-0.2, 0) is 11.8 Å². The van der Waals surface area contributed by atoms with Crippen LogP contribution in [0.4, 0.5) is 0 Å². The molecule has 0 aliphatic carbocycles. The molecule has 1 heterocycles. The van der Waals surface area contributed by atoms with E-state index in [4.69, 9.17) is 0 Å². The first-order chi connectivity index (χ1) is 6.17.